The van der Waals surface area contributed by atoms with Crippen molar-refractivity contribution in [3.05, 3.63) is 22.7 Å². The molecule has 1 aliphatic rings. The maximum absolute atomic E-state index is 5.57. The summed E-state index contributed by atoms with van der Waals surface area (Å²) in [5.74, 6) is 6.88. The summed E-state index contributed by atoms with van der Waals surface area (Å²) in [5.41, 5.74) is 3.51. The Morgan fingerprint density at radius 2 is 2.05 bits per heavy atom. The van der Waals surface area contributed by atoms with Crippen LogP contribution in [-0.4, -0.2) is 36.3 Å². The summed E-state index contributed by atoms with van der Waals surface area (Å²) < 4.78 is 6.31. The van der Waals surface area contributed by atoms with Crippen LogP contribution in [-0.2, 0) is 4.74 Å². The Labute approximate surface area is 119 Å². The van der Waals surface area contributed by atoms with E-state index in [1.807, 2.05) is 18.2 Å². The zero-order valence-corrected chi connectivity index (χ0v) is 11.9. The van der Waals surface area contributed by atoms with E-state index in [1.54, 1.807) is 0 Å². The smallest absolute Gasteiger partial charge is 0.228 e. The van der Waals surface area contributed by atoms with Crippen LogP contribution >= 0.6 is 15.9 Å². The standard InChI is InChI=1S/C12H14BrN5O/c13-8-1-2-10-9(7-8)11(17-14)16-12(15-10)18-3-5-19-6-4-18/h1-2,7H,3-6,14H2,(H,15,16,17). The largest absolute Gasteiger partial charge is 0.378 e. The summed E-state index contributed by atoms with van der Waals surface area (Å²) >= 11 is 3.44. The van der Waals surface area contributed by atoms with Gasteiger partial charge in [0.1, 0.15) is 0 Å². The van der Waals surface area contributed by atoms with Crippen LogP contribution in [0.25, 0.3) is 10.9 Å². The number of nitrogens with zero attached hydrogens (tertiary/aromatic N) is 3. The summed E-state index contributed by atoms with van der Waals surface area (Å²) in [7, 11) is 0. The van der Waals surface area contributed by atoms with E-state index in [2.05, 4.69) is 36.2 Å². The van der Waals surface area contributed by atoms with Gasteiger partial charge in [0.2, 0.25) is 5.95 Å². The minimum absolute atomic E-state index is 0.632. The van der Waals surface area contributed by atoms with Crippen LogP contribution in [0.3, 0.4) is 0 Å². The van der Waals surface area contributed by atoms with E-state index in [0.29, 0.717) is 25.0 Å². The van der Waals surface area contributed by atoms with Crippen LogP contribution in [0.1, 0.15) is 0 Å². The number of hydrogen-bond donors (Lipinski definition) is 2. The number of fused-ring (bicyclic) bond motifs is 1. The Morgan fingerprint density at radius 3 is 2.79 bits per heavy atom. The van der Waals surface area contributed by atoms with Gasteiger partial charge in [-0.15, -0.1) is 0 Å². The van der Waals surface area contributed by atoms with Crippen molar-refractivity contribution in [3.8, 4) is 0 Å². The van der Waals surface area contributed by atoms with Crippen LogP contribution in [0, 0.1) is 0 Å². The lowest BCUT2D eigenvalue weighted by atomic mass is 10.2. The van der Waals surface area contributed by atoms with Gasteiger partial charge < -0.3 is 15.1 Å². The topological polar surface area (TPSA) is 76.3 Å². The number of ether oxygens (including phenoxy) is 1. The number of hydrogen-bond acceptors (Lipinski definition) is 6. The van der Waals surface area contributed by atoms with Gasteiger partial charge in [-0.2, -0.15) is 4.98 Å². The molecule has 1 aromatic carbocycles. The highest BCUT2D eigenvalue weighted by molar-refractivity contribution is 9.10. The van der Waals surface area contributed by atoms with Gasteiger partial charge in [0.05, 0.1) is 18.7 Å². The predicted octanol–water partition coefficient (Wildman–Crippen LogP) is 1.51. The summed E-state index contributed by atoms with van der Waals surface area (Å²) in [6.07, 6.45) is 0. The van der Waals surface area contributed by atoms with Gasteiger partial charge in [-0.05, 0) is 18.2 Å². The van der Waals surface area contributed by atoms with Gasteiger partial charge in [-0.25, -0.2) is 10.8 Å². The highest BCUT2D eigenvalue weighted by atomic mass is 79.9. The van der Waals surface area contributed by atoms with E-state index in [9.17, 15) is 0 Å². The zero-order valence-electron chi connectivity index (χ0n) is 10.3. The first-order chi connectivity index (χ1) is 9.28. The molecule has 100 valence electrons. The maximum atomic E-state index is 5.57. The van der Waals surface area contributed by atoms with Gasteiger partial charge in [0.15, 0.2) is 5.82 Å². The third-order valence-electron chi connectivity index (χ3n) is 3.08. The second-order valence-corrected chi connectivity index (χ2v) is 5.19. The second-order valence-electron chi connectivity index (χ2n) is 4.28. The number of aromatic nitrogens is 2. The highest BCUT2D eigenvalue weighted by Crippen LogP contribution is 2.26. The number of benzene rings is 1. The minimum Gasteiger partial charge on any atom is -0.378 e. The van der Waals surface area contributed by atoms with Crippen molar-refractivity contribution in [2.75, 3.05) is 36.6 Å². The molecule has 1 fully saturated rings. The first kappa shape index (κ1) is 12.6. The number of nitrogen functional groups attached to an aromatic ring is 1. The first-order valence-electron chi connectivity index (χ1n) is 6.04. The SMILES string of the molecule is NNc1nc(N2CCOCC2)nc2ccc(Br)cc12. The molecule has 19 heavy (non-hydrogen) atoms. The fourth-order valence-corrected chi connectivity index (χ4v) is 2.46. The molecule has 0 spiro atoms. The number of rotatable bonds is 2. The number of nitrogens with one attached hydrogen (secondary N) is 1. The Bertz CT molecular complexity index is 600. The molecule has 1 saturated heterocycles. The molecule has 7 heteroatoms. The summed E-state index contributed by atoms with van der Waals surface area (Å²) in [6, 6.07) is 5.86. The molecule has 0 aliphatic carbocycles. The Kier molecular flexibility index (Phi) is 3.50. The molecule has 0 atom stereocenters. The van der Waals surface area contributed by atoms with Gasteiger partial charge in [0.25, 0.3) is 0 Å². The summed E-state index contributed by atoms with van der Waals surface area (Å²) in [5, 5.41) is 0.897. The van der Waals surface area contributed by atoms with E-state index >= 15 is 0 Å². The number of halogens is 1. The van der Waals surface area contributed by atoms with Gasteiger partial charge >= 0.3 is 0 Å². The van der Waals surface area contributed by atoms with Crippen molar-refractivity contribution in [3.63, 3.8) is 0 Å². The third-order valence-corrected chi connectivity index (χ3v) is 3.57. The normalized spacial score (nSPS) is 15.8. The van der Waals surface area contributed by atoms with Crippen LogP contribution in [0.4, 0.5) is 11.8 Å². The molecule has 0 bridgehead atoms. The van der Waals surface area contributed by atoms with E-state index in [1.165, 1.54) is 0 Å². The summed E-state index contributed by atoms with van der Waals surface area (Å²) in [6.45, 7) is 3.00. The summed E-state index contributed by atoms with van der Waals surface area (Å²) in [4.78, 5) is 11.2. The van der Waals surface area contributed by atoms with Crippen molar-refractivity contribution in [1.82, 2.24) is 9.97 Å². The van der Waals surface area contributed by atoms with Crippen LogP contribution < -0.4 is 16.2 Å². The lowest BCUT2D eigenvalue weighted by Crippen LogP contribution is -2.37. The zero-order chi connectivity index (χ0) is 13.2. The Morgan fingerprint density at radius 1 is 1.26 bits per heavy atom. The van der Waals surface area contributed by atoms with Crippen LogP contribution in [0.5, 0.6) is 0 Å². The minimum atomic E-state index is 0.632. The number of anilines is 2. The monoisotopic (exact) mass is 323 g/mol. The maximum Gasteiger partial charge on any atom is 0.228 e. The number of morpholine rings is 1. The van der Waals surface area contributed by atoms with E-state index < -0.39 is 0 Å². The number of nitrogens with two attached hydrogens (primary N) is 1. The predicted molar refractivity (Wildman–Crippen MR) is 78.1 cm³/mol. The van der Waals surface area contributed by atoms with Gasteiger partial charge in [-0.1, -0.05) is 15.9 Å². The van der Waals surface area contributed by atoms with E-state index in [0.717, 1.165) is 28.5 Å². The van der Waals surface area contributed by atoms with E-state index in [-0.39, 0.29) is 0 Å². The van der Waals surface area contributed by atoms with Crippen molar-refractivity contribution in [1.29, 1.82) is 0 Å². The molecule has 0 radical (unpaired) electrons. The fraction of sp³-hybridized carbons (Fsp3) is 0.333. The van der Waals surface area contributed by atoms with Crippen molar-refractivity contribution < 1.29 is 4.74 Å². The molecule has 0 saturated carbocycles. The first-order valence-corrected chi connectivity index (χ1v) is 6.84. The molecule has 6 nitrogen and oxygen atoms in total. The van der Waals surface area contributed by atoms with Gasteiger partial charge in [-0.3, -0.25) is 0 Å². The average molecular weight is 324 g/mol. The quantitative estimate of drug-likeness (QED) is 0.644. The lowest BCUT2D eigenvalue weighted by Gasteiger charge is -2.27. The van der Waals surface area contributed by atoms with Crippen molar-refractivity contribution >= 4 is 38.6 Å². The molecule has 0 amide bonds. The van der Waals surface area contributed by atoms with Crippen molar-refractivity contribution in [2.45, 2.75) is 0 Å². The van der Waals surface area contributed by atoms with Gasteiger partial charge in [0, 0.05) is 22.9 Å². The molecule has 2 aromatic rings. The van der Waals surface area contributed by atoms with Crippen LogP contribution in [0.2, 0.25) is 0 Å². The molecule has 1 aliphatic heterocycles. The molecule has 0 unspecified atom stereocenters. The molecule has 3 N–H and O–H groups in total. The average Bonchev–Trinajstić information content (AvgIpc) is 2.47. The lowest BCUT2D eigenvalue weighted by molar-refractivity contribution is 0.122. The molecule has 2 heterocycles. The molecule has 3 rings (SSSR count). The molecular weight excluding hydrogens is 310 g/mol. The molecule has 1 aromatic heterocycles. The second kappa shape index (κ2) is 5.28. The Balaban J connectivity index is 2.08. The van der Waals surface area contributed by atoms with Crippen molar-refractivity contribution in [2.24, 2.45) is 5.84 Å². The number of hydrazine groups is 1. The highest BCUT2D eigenvalue weighted by Gasteiger charge is 2.16. The fourth-order valence-electron chi connectivity index (χ4n) is 2.10. The molecular formula is C12H14BrN5O. The Hall–Kier alpha value is -1.44. The van der Waals surface area contributed by atoms with E-state index in [4.69, 9.17) is 10.6 Å². The third kappa shape index (κ3) is 2.49. The van der Waals surface area contributed by atoms with Crippen LogP contribution in [0.15, 0.2) is 22.7 Å².